The zero-order valence-corrected chi connectivity index (χ0v) is 15.0. The molecule has 0 spiro atoms. The van der Waals surface area contributed by atoms with Crippen molar-refractivity contribution in [1.82, 2.24) is 15.2 Å². The minimum Gasteiger partial charge on any atom is -0.444 e. The minimum absolute atomic E-state index is 0.115. The van der Waals surface area contributed by atoms with Crippen molar-refractivity contribution in [3.05, 3.63) is 35.7 Å². The molecule has 0 saturated heterocycles. The molecule has 1 saturated carbocycles. The van der Waals surface area contributed by atoms with E-state index in [4.69, 9.17) is 4.74 Å². The Hall–Kier alpha value is -2.37. The number of amides is 2. The Morgan fingerprint density at radius 3 is 2.64 bits per heavy atom. The summed E-state index contributed by atoms with van der Waals surface area (Å²) in [6, 6.07) is 5.81. The number of ether oxygens (including phenoxy) is 1. The van der Waals surface area contributed by atoms with E-state index in [0.29, 0.717) is 31.2 Å². The van der Waals surface area contributed by atoms with Gasteiger partial charge in [0, 0.05) is 19.1 Å². The number of carbonyl (C=O) groups is 2. The van der Waals surface area contributed by atoms with E-state index in [-0.39, 0.29) is 12.0 Å². The van der Waals surface area contributed by atoms with Gasteiger partial charge in [-0.15, -0.1) is 0 Å². The van der Waals surface area contributed by atoms with E-state index >= 15 is 0 Å². The van der Waals surface area contributed by atoms with Gasteiger partial charge in [0.05, 0.1) is 5.69 Å². The van der Waals surface area contributed by atoms with Crippen molar-refractivity contribution in [1.29, 1.82) is 0 Å². The summed E-state index contributed by atoms with van der Waals surface area (Å²) >= 11 is 0. The summed E-state index contributed by atoms with van der Waals surface area (Å²) < 4.78 is 5.40. The Labute approximate surface area is 148 Å². The van der Waals surface area contributed by atoms with Crippen molar-refractivity contribution in [3.8, 4) is 0 Å². The van der Waals surface area contributed by atoms with Crippen molar-refractivity contribution in [2.45, 2.75) is 51.7 Å². The highest BCUT2D eigenvalue weighted by atomic mass is 16.6. The molecule has 2 amide bonds. The second-order valence-electron chi connectivity index (χ2n) is 7.56. The summed E-state index contributed by atoms with van der Waals surface area (Å²) in [7, 11) is 0. The molecule has 134 valence electrons. The van der Waals surface area contributed by atoms with Crippen molar-refractivity contribution < 1.29 is 14.3 Å². The third kappa shape index (κ3) is 4.81. The topological polar surface area (TPSA) is 71.5 Å². The van der Waals surface area contributed by atoms with Gasteiger partial charge < -0.3 is 15.0 Å². The predicted octanol–water partition coefficient (Wildman–Crippen LogP) is 3.00. The van der Waals surface area contributed by atoms with E-state index in [1.165, 1.54) is 0 Å². The van der Waals surface area contributed by atoms with Crippen LogP contribution in [-0.2, 0) is 4.74 Å². The molecular formula is C19H25N3O3. The Kier molecular flexibility index (Phi) is 4.79. The zero-order chi connectivity index (χ0) is 18.0. The van der Waals surface area contributed by atoms with Gasteiger partial charge in [-0.2, -0.15) is 0 Å². The highest BCUT2D eigenvalue weighted by Gasteiger charge is 2.26. The lowest BCUT2D eigenvalue weighted by Gasteiger charge is -2.29. The second-order valence-corrected chi connectivity index (χ2v) is 7.56. The van der Waals surface area contributed by atoms with E-state index in [1.54, 1.807) is 11.0 Å². The molecular weight excluding hydrogens is 318 g/mol. The zero-order valence-electron chi connectivity index (χ0n) is 15.0. The SMILES string of the molecule is CC(C)(C)OC(=O)N1CC=C(c2cccc(C(=O)NC3CC3)n2)CC1. The summed E-state index contributed by atoms with van der Waals surface area (Å²) in [5, 5.41) is 2.95. The Morgan fingerprint density at radius 2 is 2.04 bits per heavy atom. The van der Waals surface area contributed by atoms with Gasteiger partial charge in [-0.25, -0.2) is 9.78 Å². The first-order valence-electron chi connectivity index (χ1n) is 8.77. The average molecular weight is 343 g/mol. The molecule has 1 aliphatic carbocycles. The molecule has 6 nitrogen and oxygen atoms in total. The molecule has 1 fully saturated rings. The van der Waals surface area contributed by atoms with Crippen LogP contribution in [0.25, 0.3) is 5.57 Å². The highest BCUT2D eigenvalue weighted by Crippen LogP contribution is 2.23. The molecule has 0 unspecified atom stereocenters. The second kappa shape index (κ2) is 6.86. The van der Waals surface area contributed by atoms with Crippen LogP contribution in [0.4, 0.5) is 4.79 Å². The number of aromatic nitrogens is 1. The van der Waals surface area contributed by atoms with Crippen LogP contribution >= 0.6 is 0 Å². The molecule has 0 atom stereocenters. The average Bonchev–Trinajstić information content (AvgIpc) is 3.37. The molecule has 25 heavy (non-hydrogen) atoms. The largest absolute Gasteiger partial charge is 0.444 e. The summed E-state index contributed by atoms with van der Waals surface area (Å²) in [6.45, 7) is 6.65. The number of hydrogen-bond donors (Lipinski definition) is 1. The maximum atomic E-state index is 12.1. The van der Waals surface area contributed by atoms with E-state index in [1.807, 2.05) is 39.0 Å². The van der Waals surface area contributed by atoms with Gasteiger partial charge >= 0.3 is 6.09 Å². The van der Waals surface area contributed by atoms with Crippen molar-refractivity contribution in [2.24, 2.45) is 0 Å². The van der Waals surface area contributed by atoms with E-state index in [0.717, 1.165) is 24.1 Å². The molecule has 6 heteroatoms. The molecule has 1 aromatic rings. The molecule has 2 aliphatic rings. The van der Waals surface area contributed by atoms with Crippen LogP contribution in [0.15, 0.2) is 24.3 Å². The van der Waals surface area contributed by atoms with E-state index in [9.17, 15) is 9.59 Å². The molecule has 0 bridgehead atoms. The van der Waals surface area contributed by atoms with Gasteiger partial charge in [-0.3, -0.25) is 4.79 Å². The van der Waals surface area contributed by atoms with Gasteiger partial charge in [-0.05, 0) is 57.7 Å². The monoisotopic (exact) mass is 343 g/mol. The third-order valence-corrected chi connectivity index (χ3v) is 4.08. The number of hydrogen-bond acceptors (Lipinski definition) is 4. The fraction of sp³-hybridized carbons (Fsp3) is 0.526. The molecule has 0 radical (unpaired) electrons. The molecule has 1 aromatic heterocycles. The summed E-state index contributed by atoms with van der Waals surface area (Å²) in [6.07, 6.45) is 4.49. The Bertz CT molecular complexity index is 702. The van der Waals surface area contributed by atoms with Crippen molar-refractivity contribution >= 4 is 17.6 Å². The van der Waals surface area contributed by atoms with Crippen LogP contribution in [-0.4, -0.2) is 46.6 Å². The maximum Gasteiger partial charge on any atom is 0.410 e. The van der Waals surface area contributed by atoms with Crippen LogP contribution in [0.3, 0.4) is 0 Å². The predicted molar refractivity (Wildman–Crippen MR) is 95.1 cm³/mol. The normalized spacial score (nSPS) is 17.7. The van der Waals surface area contributed by atoms with Gasteiger partial charge in [0.15, 0.2) is 0 Å². The Morgan fingerprint density at radius 1 is 1.28 bits per heavy atom. The molecule has 1 N–H and O–H groups in total. The highest BCUT2D eigenvalue weighted by molar-refractivity contribution is 5.93. The molecule has 2 heterocycles. The quantitative estimate of drug-likeness (QED) is 0.916. The number of nitrogens with one attached hydrogen (secondary N) is 1. The van der Waals surface area contributed by atoms with Crippen molar-refractivity contribution in [3.63, 3.8) is 0 Å². The fourth-order valence-electron chi connectivity index (χ4n) is 2.62. The number of carbonyl (C=O) groups excluding carboxylic acids is 2. The van der Waals surface area contributed by atoms with E-state index in [2.05, 4.69) is 10.3 Å². The number of rotatable bonds is 3. The lowest BCUT2D eigenvalue weighted by Crippen LogP contribution is -2.39. The molecule has 1 aliphatic heterocycles. The first-order valence-corrected chi connectivity index (χ1v) is 8.77. The smallest absolute Gasteiger partial charge is 0.410 e. The first kappa shape index (κ1) is 17.5. The summed E-state index contributed by atoms with van der Waals surface area (Å²) in [5.41, 5.74) is 1.80. The fourth-order valence-corrected chi connectivity index (χ4v) is 2.62. The van der Waals surface area contributed by atoms with Crippen LogP contribution in [0.2, 0.25) is 0 Å². The van der Waals surface area contributed by atoms with Crippen LogP contribution in [0, 0.1) is 0 Å². The number of pyridine rings is 1. The van der Waals surface area contributed by atoms with Crippen LogP contribution in [0.5, 0.6) is 0 Å². The van der Waals surface area contributed by atoms with E-state index < -0.39 is 5.60 Å². The lowest BCUT2D eigenvalue weighted by molar-refractivity contribution is 0.0270. The molecule has 0 aromatic carbocycles. The van der Waals surface area contributed by atoms with Crippen LogP contribution in [0.1, 0.15) is 56.2 Å². The summed E-state index contributed by atoms with van der Waals surface area (Å²) in [5.74, 6) is -0.115. The Balaban J connectivity index is 1.65. The van der Waals surface area contributed by atoms with Gasteiger partial charge in [-0.1, -0.05) is 12.1 Å². The van der Waals surface area contributed by atoms with Crippen molar-refractivity contribution in [2.75, 3.05) is 13.1 Å². The summed E-state index contributed by atoms with van der Waals surface area (Å²) in [4.78, 5) is 30.4. The first-order chi connectivity index (χ1) is 11.8. The van der Waals surface area contributed by atoms with Gasteiger partial charge in [0.25, 0.3) is 5.91 Å². The number of nitrogens with zero attached hydrogens (tertiary/aromatic N) is 2. The third-order valence-electron chi connectivity index (χ3n) is 4.08. The molecule has 3 rings (SSSR count). The van der Waals surface area contributed by atoms with Crippen LogP contribution < -0.4 is 5.32 Å². The van der Waals surface area contributed by atoms with Gasteiger partial charge in [0.1, 0.15) is 11.3 Å². The standard InChI is InChI=1S/C19H25N3O3/c1-19(2,3)25-18(24)22-11-9-13(10-12-22)15-5-4-6-16(21-15)17(23)20-14-7-8-14/h4-6,9,14H,7-8,10-12H2,1-3H3,(H,20,23). The van der Waals surface area contributed by atoms with Gasteiger partial charge in [0.2, 0.25) is 0 Å². The maximum absolute atomic E-state index is 12.1. The minimum atomic E-state index is -0.494. The lowest BCUT2D eigenvalue weighted by atomic mass is 10.0.